The lowest BCUT2D eigenvalue weighted by atomic mass is 9.99. The third kappa shape index (κ3) is 3.85. The molecular formula is C17H20OS. The molecule has 0 aromatic heterocycles. The zero-order chi connectivity index (χ0) is 13.7. The molecule has 0 fully saturated rings. The van der Waals surface area contributed by atoms with E-state index in [2.05, 4.69) is 38.1 Å². The van der Waals surface area contributed by atoms with Crippen LogP contribution in [0, 0.1) is 5.92 Å². The van der Waals surface area contributed by atoms with E-state index >= 15 is 0 Å². The fourth-order valence-corrected chi connectivity index (χ4v) is 3.33. The Morgan fingerprint density at radius 1 is 0.842 bits per heavy atom. The van der Waals surface area contributed by atoms with Gasteiger partial charge in [-0.25, -0.2) is 0 Å². The number of benzene rings is 2. The van der Waals surface area contributed by atoms with Crippen LogP contribution in [-0.2, 0) is 0 Å². The van der Waals surface area contributed by atoms with Crippen LogP contribution in [0.15, 0.2) is 65.6 Å². The first-order chi connectivity index (χ1) is 9.18. The van der Waals surface area contributed by atoms with E-state index in [1.807, 2.05) is 36.4 Å². The van der Waals surface area contributed by atoms with Gasteiger partial charge in [-0.1, -0.05) is 62.4 Å². The molecule has 2 aromatic carbocycles. The maximum Gasteiger partial charge on any atom is 0.0726 e. The van der Waals surface area contributed by atoms with Gasteiger partial charge in [-0.15, -0.1) is 11.8 Å². The maximum absolute atomic E-state index is 10.5. The van der Waals surface area contributed by atoms with Crippen LogP contribution in [0.5, 0.6) is 0 Å². The molecule has 2 heteroatoms. The lowest BCUT2D eigenvalue weighted by Gasteiger charge is -2.25. The van der Waals surface area contributed by atoms with Crippen LogP contribution in [0.2, 0.25) is 0 Å². The van der Waals surface area contributed by atoms with Gasteiger partial charge in [0.1, 0.15) is 0 Å². The molecule has 2 rings (SSSR count). The lowest BCUT2D eigenvalue weighted by molar-refractivity contribution is 0.122. The molecule has 0 spiro atoms. The minimum atomic E-state index is -0.354. The van der Waals surface area contributed by atoms with E-state index in [0.29, 0.717) is 0 Å². The van der Waals surface area contributed by atoms with Crippen molar-refractivity contribution in [2.24, 2.45) is 5.92 Å². The van der Waals surface area contributed by atoms with Gasteiger partial charge in [0.2, 0.25) is 0 Å². The number of aliphatic hydroxyl groups excluding tert-OH is 1. The summed E-state index contributed by atoms with van der Waals surface area (Å²) in [6.45, 7) is 4.12. The van der Waals surface area contributed by atoms with Crippen molar-refractivity contribution in [3.63, 3.8) is 0 Å². The number of rotatable bonds is 5. The molecule has 0 aliphatic heterocycles. The average molecular weight is 272 g/mol. The molecule has 2 atom stereocenters. The second-order valence-corrected chi connectivity index (χ2v) is 6.21. The van der Waals surface area contributed by atoms with Crippen molar-refractivity contribution in [1.82, 2.24) is 0 Å². The summed E-state index contributed by atoms with van der Waals surface area (Å²) in [7, 11) is 0. The number of thioether (sulfide) groups is 1. The first-order valence-corrected chi connectivity index (χ1v) is 7.51. The molecule has 0 aliphatic carbocycles. The number of hydrogen-bond donors (Lipinski definition) is 1. The molecule has 100 valence electrons. The molecule has 0 bridgehead atoms. The van der Waals surface area contributed by atoms with Gasteiger partial charge in [0.15, 0.2) is 0 Å². The van der Waals surface area contributed by atoms with E-state index in [1.54, 1.807) is 11.8 Å². The zero-order valence-electron chi connectivity index (χ0n) is 11.4. The van der Waals surface area contributed by atoms with Gasteiger partial charge in [-0.3, -0.25) is 0 Å². The van der Waals surface area contributed by atoms with Crippen LogP contribution in [0.4, 0.5) is 0 Å². The minimum absolute atomic E-state index is 0.0728. The molecule has 2 aromatic rings. The summed E-state index contributed by atoms with van der Waals surface area (Å²) in [6, 6.07) is 20.5. The monoisotopic (exact) mass is 272 g/mol. The Bertz CT molecular complexity index is 481. The zero-order valence-corrected chi connectivity index (χ0v) is 12.2. The van der Waals surface area contributed by atoms with E-state index in [4.69, 9.17) is 0 Å². The Hall–Kier alpha value is -1.25. The predicted molar refractivity (Wildman–Crippen MR) is 82.3 cm³/mol. The van der Waals surface area contributed by atoms with Gasteiger partial charge in [-0.05, 0) is 23.6 Å². The first-order valence-electron chi connectivity index (χ1n) is 6.63. The molecule has 0 amide bonds. The SMILES string of the molecule is CC(C)C(O)C(Sc1ccccc1)c1ccccc1. The highest BCUT2D eigenvalue weighted by Gasteiger charge is 2.24. The average Bonchev–Trinajstić information content (AvgIpc) is 2.46. The second kappa shape index (κ2) is 6.78. The smallest absolute Gasteiger partial charge is 0.0726 e. The van der Waals surface area contributed by atoms with E-state index < -0.39 is 0 Å². The van der Waals surface area contributed by atoms with Crippen LogP contribution in [-0.4, -0.2) is 11.2 Å². The van der Waals surface area contributed by atoms with Gasteiger partial charge >= 0.3 is 0 Å². The lowest BCUT2D eigenvalue weighted by Crippen LogP contribution is -2.22. The molecule has 1 N–H and O–H groups in total. The first kappa shape index (κ1) is 14.2. The Morgan fingerprint density at radius 3 is 1.89 bits per heavy atom. The summed E-state index contributed by atoms with van der Waals surface area (Å²) >= 11 is 1.73. The maximum atomic E-state index is 10.5. The van der Waals surface area contributed by atoms with E-state index in [-0.39, 0.29) is 17.3 Å². The predicted octanol–water partition coefficient (Wildman–Crippen LogP) is 4.54. The summed E-state index contributed by atoms with van der Waals surface area (Å²) in [5, 5.41) is 10.6. The molecule has 0 saturated carbocycles. The van der Waals surface area contributed by atoms with E-state index in [9.17, 15) is 5.11 Å². The highest BCUT2D eigenvalue weighted by molar-refractivity contribution is 7.99. The highest BCUT2D eigenvalue weighted by atomic mass is 32.2. The van der Waals surface area contributed by atoms with Gasteiger partial charge in [0.25, 0.3) is 0 Å². The largest absolute Gasteiger partial charge is 0.391 e. The van der Waals surface area contributed by atoms with Crippen LogP contribution < -0.4 is 0 Å². The Labute approximate surface area is 119 Å². The second-order valence-electron chi connectivity index (χ2n) is 5.00. The standard InChI is InChI=1S/C17H20OS/c1-13(2)16(18)17(14-9-5-3-6-10-14)19-15-11-7-4-8-12-15/h3-13,16-18H,1-2H3. The quantitative estimate of drug-likeness (QED) is 0.807. The van der Waals surface area contributed by atoms with Crippen molar-refractivity contribution in [3.8, 4) is 0 Å². The topological polar surface area (TPSA) is 20.2 Å². The molecule has 0 heterocycles. The summed E-state index contributed by atoms with van der Waals surface area (Å²) in [6.07, 6.45) is -0.354. The van der Waals surface area contributed by atoms with Crippen LogP contribution in [0.3, 0.4) is 0 Å². The third-order valence-corrected chi connectivity index (χ3v) is 4.48. The summed E-state index contributed by atoms with van der Waals surface area (Å²) in [5.74, 6) is 0.237. The van der Waals surface area contributed by atoms with Gasteiger partial charge in [-0.2, -0.15) is 0 Å². The molecule has 1 nitrogen and oxygen atoms in total. The number of aliphatic hydroxyl groups is 1. The Kier molecular flexibility index (Phi) is 5.06. The molecule has 0 radical (unpaired) electrons. The Balaban J connectivity index is 2.25. The Morgan fingerprint density at radius 2 is 1.37 bits per heavy atom. The number of hydrogen-bond acceptors (Lipinski definition) is 2. The summed E-state index contributed by atoms with van der Waals surface area (Å²) < 4.78 is 0. The van der Waals surface area contributed by atoms with E-state index in [1.165, 1.54) is 10.5 Å². The summed E-state index contributed by atoms with van der Waals surface area (Å²) in [5.41, 5.74) is 1.18. The fourth-order valence-electron chi connectivity index (χ4n) is 1.97. The normalized spacial score (nSPS) is 14.3. The molecule has 2 unspecified atom stereocenters. The van der Waals surface area contributed by atoms with Crippen molar-refractivity contribution in [1.29, 1.82) is 0 Å². The van der Waals surface area contributed by atoms with Gasteiger partial charge < -0.3 is 5.11 Å². The van der Waals surface area contributed by atoms with Crippen molar-refractivity contribution < 1.29 is 5.11 Å². The van der Waals surface area contributed by atoms with Crippen molar-refractivity contribution in [2.75, 3.05) is 0 Å². The van der Waals surface area contributed by atoms with Crippen LogP contribution >= 0.6 is 11.8 Å². The molecule has 19 heavy (non-hydrogen) atoms. The minimum Gasteiger partial charge on any atom is -0.391 e. The van der Waals surface area contributed by atoms with Crippen LogP contribution in [0.1, 0.15) is 24.7 Å². The highest BCUT2D eigenvalue weighted by Crippen LogP contribution is 2.39. The van der Waals surface area contributed by atoms with Gasteiger partial charge in [0.05, 0.1) is 11.4 Å². The molecule has 0 aliphatic rings. The van der Waals surface area contributed by atoms with Crippen molar-refractivity contribution >= 4 is 11.8 Å². The van der Waals surface area contributed by atoms with Crippen molar-refractivity contribution in [2.45, 2.75) is 30.1 Å². The fraction of sp³-hybridized carbons (Fsp3) is 0.294. The van der Waals surface area contributed by atoms with Gasteiger partial charge in [0, 0.05) is 4.90 Å². The molecular weight excluding hydrogens is 252 g/mol. The van der Waals surface area contributed by atoms with Crippen LogP contribution in [0.25, 0.3) is 0 Å². The van der Waals surface area contributed by atoms with Crippen molar-refractivity contribution in [3.05, 3.63) is 66.2 Å². The third-order valence-electron chi connectivity index (χ3n) is 3.13. The van der Waals surface area contributed by atoms with E-state index in [0.717, 1.165) is 0 Å². The summed E-state index contributed by atoms with van der Waals surface area (Å²) in [4.78, 5) is 1.19. The molecule has 0 saturated heterocycles.